The number of imidazole rings is 1. The van der Waals surface area contributed by atoms with Crippen LogP contribution in [0.15, 0.2) is 12.4 Å². The van der Waals surface area contributed by atoms with Gasteiger partial charge in [0.2, 0.25) is 10.0 Å². The van der Waals surface area contributed by atoms with Crippen molar-refractivity contribution in [2.24, 2.45) is 0 Å². The van der Waals surface area contributed by atoms with Gasteiger partial charge in [-0.2, -0.15) is 0 Å². The Kier molecular flexibility index (Phi) is 3.53. The van der Waals surface area contributed by atoms with E-state index < -0.39 is 15.3 Å². The molecule has 5 nitrogen and oxygen atoms in total. The van der Waals surface area contributed by atoms with E-state index in [9.17, 15) is 8.42 Å². The van der Waals surface area contributed by atoms with Crippen LogP contribution in [-0.4, -0.2) is 35.4 Å². The van der Waals surface area contributed by atoms with Gasteiger partial charge in [-0.25, -0.2) is 17.7 Å². The van der Waals surface area contributed by atoms with E-state index in [0.29, 0.717) is 18.9 Å². The second kappa shape index (κ2) is 4.78. The molecule has 1 atom stereocenters. The molecule has 6 heteroatoms. The molecule has 1 aliphatic rings. The monoisotopic (exact) mass is 257 g/mol. The maximum absolute atomic E-state index is 12.4. The molecule has 0 unspecified atom stereocenters. The fraction of sp³-hybridized carbons (Fsp3) is 0.727. The lowest BCUT2D eigenvalue weighted by atomic mass is 10.4. The molecule has 0 aliphatic carbocycles. The second-order valence-corrected chi connectivity index (χ2v) is 6.62. The molecule has 2 rings (SSSR count). The maximum atomic E-state index is 12.4. The molecule has 1 fully saturated rings. The quantitative estimate of drug-likeness (QED) is 0.819. The molecule has 0 spiro atoms. The highest BCUT2D eigenvalue weighted by atomic mass is 32.2. The molecule has 1 aliphatic heterocycles. The first-order valence-electron chi connectivity index (χ1n) is 6.07. The fourth-order valence-electron chi connectivity index (χ4n) is 2.25. The van der Waals surface area contributed by atoms with Crippen LogP contribution in [0.2, 0.25) is 0 Å². The van der Waals surface area contributed by atoms with Crippen LogP contribution in [0, 0.1) is 0 Å². The number of hydrogen-bond donors (Lipinski definition) is 0. The predicted octanol–water partition coefficient (Wildman–Crippen LogP) is 1.39. The third-order valence-electron chi connectivity index (χ3n) is 3.32. The molecular formula is C11H19N3O2S. The molecule has 1 aromatic heterocycles. The van der Waals surface area contributed by atoms with Gasteiger partial charge in [-0.1, -0.05) is 0 Å². The van der Waals surface area contributed by atoms with Crippen LogP contribution in [0.3, 0.4) is 0 Å². The Morgan fingerprint density at radius 1 is 1.41 bits per heavy atom. The summed E-state index contributed by atoms with van der Waals surface area (Å²) < 4.78 is 28.2. The highest BCUT2D eigenvalue weighted by molar-refractivity contribution is 7.89. The highest BCUT2D eigenvalue weighted by Gasteiger charge is 2.33. The zero-order valence-corrected chi connectivity index (χ0v) is 11.2. The average molecular weight is 257 g/mol. The van der Waals surface area contributed by atoms with Gasteiger partial charge in [-0.05, 0) is 26.7 Å². The van der Waals surface area contributed by atoms with Gasteiger partial charge in [0.1, 0.15) is 11.1 Å². The first-order valence-corrected chi connectivity index (χ1v) is 7.57. The van der Waals surface area contributed by atoms with Crippen molar-refractivity contribution in [1.29, 1.82) is 0 Å². The SMILES string of the molecule is CCn1ccnc1[C@H](C)S(=O)(=O)N1CCCC1. The number of aryl methyl sites for hydroxylation is 1. The molecule has 0 aromatic carbocycles. The van der Waals surface area contributed by atoms with E-state index in [1.807, 2.05) is 17.7 Å². The summed E-state index contributed by atoms with van der Waals surface area (Å²) in [4.78, 5) is 4.18. The lowest BCUT2D eigenvalue weighted by molar-refractivity contribution is 0.464. The molecule has 17 heavy (non-hydrogen) atoms. The molecule has 0 saturated carbocycles. The van der Waals surface area contributed by atoms with E-state index >= 15 is 0 Å². The summed E-state index contributed by atoms with van der Waals surface area (Å²) in [6, 6.07) is 0. The van der Waals surface area contributed by atoms with Gasteiger partial charge in [0.15, 0.2) is 0 Å². The number of sulfonamides is 1. The minimum Gasteiger partial charge on any atom is -0.334 e. The molecule has 2 heterocycles. The van der Waals surface area contributed by atoms with E-state index in [0.717, 1.165) is 19.4 Å². The van der Waals surface area contributed by atoms with Gasteiger partial charge >= 0.3 is 0 Å². The minimum atomic E-state index is -3.24. The summed E-state index contributed by atoms with van der Waals surface area (Å²) in [5.41, 5.74) is 0. The molecule has 0 N–H and O–H groups in total. The first kappa shape index (κ1) is 12.6. The van der Waals surface area contributed by atoms with Crippen LogP contribution < -0.4 is 0 Å². The van der Waals surface area contributed by atoms with Gasteiger partial charge in [0.05, 0.1) is 0 Å². The number of rotatable bonds is 4. The van der Waals surface area contributed by atoms with E-state index in [2.05, 4.69) is 4.98 Å². The molecule has 0 bridgehead atoms. The van der Waals surface area contributed by atoms with Crippen molar-refractivity contribution in [1.82, 2.24) is 13.9 Å². The molecule has 1 aromatic rings. The van der Waals surface area contributed by atoms with Crippen molar-refractivity contribution < 1.29 is 8.42 Å². The summed E-state index contributed by atoms with van der Waals surface area (Å²) in [5, 5.41) is -0.560. The Morgan fingerprint density at radius 2 is 2.06 bits per heavy atom. The summed E-state index contributed by atoms with van der Waals surface area (Å²) in [6.07, 6.45) is 5.42. The second-order valence-electron chi connectivity index (χ2n) is 4.36. The lowest BCUT2D eigenvalue weighted by Crippen LogP contribution is -2.32. The molecule has 0 amide bonds. The summed E-state index contributed by atoms with van der Waals surface area (Å²) in [6.45, 7) is 5.76. The number of nitrogens with zero attached hydrogens (tertiary/aromatic N) is 3. The van der Waals surface area contributed by atoms with Gasteiger partial charge in [0.25, 0.3) is 0 Å². The highest BCUT2D eigenvalue weighted by Crippen LogP contribution is 2.26. The largest absolute Gasteiger partial charge is 0.334 e. The van der Waals surface area contributed by atoms with E-state index in [4.69, 9.17) is 0 Å². The Bertz CT molecular complexity index is 475. The third-order valence-corrected chi connectivity index (χ3v) is 5.51. The van der Waals surface area contributed by atoms with Crippen molar-refractivity contribution in [3.05, 3.63) is 18.2 Å². The molecular weight excluding hydrogens is 238 g/mol. The average Bonchev–Trinajstić information content (AvgIpc) is 2.98. The molecule has 96 valence electrons. The Balaban J connectivity index is 2.27. The maximum Gasteiger partial charge on any atom is 0.224 e. The van der Waals surface area contributed by atoms with Crippen LogP contribution in [-0.2, 0) is 16.6 Å². The van der Waals surface area contributed by atoms with Crippen LogP contribution in [0.4, 0.5) is 0 Å². The number of hydrogen-bond acceptors (Lipinski definition) is 3. The smallest absolute Gasteiger partial charge is 0.224 e. The molecule has 0 radical (unpaired) electrons. The normalized spacial score (nSPS) is 19.6. The van der Waals surface area contributed by atoms with Crippen molar-refractivity contribution in [3.8, 4) is 0 Å². The standard InChI is InChI=1S/C11H19N3O2S/c1-3-13-9-6-12-11(13)10(2)17(15,16)14-7-4-5-8-14/h6,9-10H,3-5,7-8H2,1-2H3/t10-/m0/s1. The third kappa shape index (κ3) is 2.24. The van der Waals surface area contributed by atoms with Gasteiger partial charge in [-0.15, -0.1) is 0 Å². The Morgan fingerprint density at radius 3 is 2.65 bits per heavy atom. The van der Waals surface area contributed by atoms with E-state index in [1.165, 1.54) is 0 Å². The zero-order chi connectivity index (χ0) is 12.5. The van der Waals surface area contributed by atoms with Crippen molar-refractivity contribution in [3.63, 3.8) is 0 Å². The Labute approximate surface area is 103 Å². The molecule has 1 saturated heterocycles. The van der Waals surface area contributed by atoms with Crippen LogP contribution in [0.5, 0.6) is 0 Å². The Hall–Kier alpha value is -0.880. The van der Waals surface area contributed by atoms with Crippen LogP contribution in [0.25, 0.3) is 0 Å². The summed E-state index contributed by atoms with van der Waals surface area (Å²) >= 11 is 0. The fourth-order valence-corrected chi connectivity index (χ4v) is 3.92. The zero-order valence-electron chi connectivity index (χ0n) is 10.3. The van der Waals surface area contributed by atoms with Crippen molar-refractivity contribution in [2.45, 2.75) is 38.5 Å². The minimum absolute atomic E-state index is 0.560. The van der Waals surface area contributed by atoms with Gasteiger partial charge in [-0.3, -0.25) is 0 Å². The summed E-state index contributed by atoms with van der Waals surface area (Å²) in [7, 11) is -3.24. The predicted molar refractivity (Wildman–Crippen MR) is 66.0 cm³/mol. The van der Waals surface area contributed by atoms with E-state index in [1.54, 1.807) is 17.4 Å². The van der Waals surface area contributed by atoms with Crippen molar-refractivity contribution in [2.75, 3.05) is 13.1 Å². The van der Waals surface area contributed by atoms with Crippen LogP contribution >= 0.6 is 0 Å². The number of aromatic nitrogens is 2. The van der Waals surface area contributed by atoms with Gasteiger partial charge < -0.3 is 4.57 Å². The summed E-state index contributed by atoms with van der Waals surface area (Å²) in [5.74, 6) is 0.638. The van der Waals surface area contributed by atoms with E-state index in [-0.39, 0.29) is 0 Å². The lowest BCUT2D eigenvalue weighted by Gasteiger charge is -2.21. The van der Waals surface area contributed by atoms with Gasteiger partial charge in [0, 0.05) is 32.0 Å². The van der Waals surface area contributed by atoms with Crippen LogP contribution in [0.1, 0.15) is 37.8 Å². The topological polar surface area (TPSA) is 55.2 Å². The first-order chi connectivity index (χ1) is 8.07. The van der Waals surface area contributed by atoms with Crippen molar-refractivity contribution >= 4 is 10.0 Å².